The molecular formula is C18H34N2O6. The van der Waals surface area contributed by atoms with Gasteiger partial charge < -0.3 is 19.9 Å². The molecule has 0 bridgehead atoms. The number of nitrogens with zero attached hydrogens (tertiary/aromatic N) is 1. The second kappa shape index (κ2) is 9.75. The fraction of sp³-hybridized carbons (Fsp3) is 0.833. The number of hydrogen-bond donors (Lipinski definition) is 2. The van der Waals surface area contributed by atoms with Gasteiger partial charge in [-0.25, -0.2) is 14.4 Å². The van der Waals surface area contributed by atoms with E-state index in [1.54, 1.807) is 41.5 Å². The molecule has 152 valence electrons. The SMILES string of the molecule is CNC(C)CCC[C@@H](C(=O)O)N(C(=O)OC(C)(C)C)C(=O)OC(C)(C)C. The second-order valence-corrected chi connectivity index (χ2v) is 8.31. The van der Waals surface area contributed by atoms with E-state index < -0.39 is 35.4 Å². The van der Waals surface area contributed by atoms with Gasteiger partial charge in [0.05, 0.1) is 0 Å². The minimum absolute atomic E-state index is 0.111. The predicted molar refractivity (Wildman–Crippen MR) is 98.1 cm³/mol. The molecule has 0 saturated heterocycles. The van der Waals surface area contributed by atoms with E-state index in [4.69, 9.17) is 9.47 Å². The summed E-state index contributed by atoms with van der Waals surface area (Å²) in [5, 5.41) is 12.6. The highest BCUT2D eigenvalue weighted by Crippen LogP contribution is 2.20. The fourth-order valence-electron chi connectivity index (χ4n) is 2.08. The van der Waals surface area contributed by atoms with Crippen LogP contribution in [-0.4, -0.2) is 58.5 Å². The van der Waals surface area contributed by atoms with E-state index in [0.717, 1.165) is 0 Å². The molecule has 26 heavy (non-hydrogen) atoms. The summed E-state index contributed by atoms with van der Waals surface area (Å²) in [5.74, 6) is -1.28. The second-order valence-electron chi connectivity index (χ2n) is 8.31. The zero-order valence-corrected chi connectivity index (χ0v) is 17.2. The molecule has 8 nitrogen and oxygen atoms in total. The molecule has 1 unspecified atom stereocenters. The Bertz CT molecular complexity index is 465. The van der Waals surface area contributed by atoms with Gasteiger partial charge in [-0.05, 0) is 74.8 Å². The van der Waals surface area contributed by atoms with Crippen LogP contribution in [0, 0.1) is 0 Å². The van der Waals surface area contributed by atoms with Gasteiger partial charge in [-0.15, -0.1) is 0 Å². The van der Waals surface area contributed by atoms with Crippen molar-refractivity contribution in [2.45, 2.75) is 91.0 Å². The van der Waals surface area contributed by atoms with Crippen molar-refractivity contribution in [2.24, 2.45) is 0 Å². The lowest BCUT2D eigenvalue weighted by molar-refractivity contribution is -0.143. The molecule has 2 amide bonds. The maximum Gasteiger partial charge on any atom is 0.420 e. The van der Waals surface area contributed by atoms with Gasteiger partial charge >= 0.3 is 18.2 Å². The van der Waals surface area contributed by atoms with E-state index in [-0.39, 0.29) is 12.5 Å². The topological polar surface area (TPSA) is 105 Å². The Balaban J connectivity index is 5.49. The minimum atomic E-state index is -1.36. The van der Waals surface area contributed by atoms with Gasteiger partial charge in [0, 0.05) is 6.04 Å². The van der Waals surface area contributed by atoms with Crippen molar-refractivity contribution < 1.29 is 29.0 Å². The third-order valence-electron chi connectivity index (χ3n) is 3.38. The molecule has 0 saturated carbocycles. The number of amides is 2. The smallest absolute Gasteiger partial charge is 0.420 e. The van der Waals surface area contributed by atoms with Gasteiger partial charge in [-0.2, -0.15) is 4.90 Å². The number of carboxylic acid groups (broad SMARTS) is 1. The van der Waals surface area contributed by atoms with E-state index in [0.29, 0.717) is 17.7 Å². The van der Waals surface area contributed by atoms with Crippen LogP contribution in [0.1, 0.15) is 67.7 Å². The highest BCUT2D eigenvalue weighted by Gasteiger charge is 2.40. The number of nitrogens with one attached hydrogen (secondary N) is 1. The number of carbonyl (C=O) groups is 3. The van der Waals surface area contributed by atoms with Crippen molar-refractivity contribution in [3.63, 3.8) is 0 Å². The van der Waals surface area contributed by atoms with Crippen LogP contribution in [0.2, 0.25) is 0 Å². The number of hydrogen-bond acceptors (Lipinski definition) is 6. The molecule has 0 aromatic heterocycles. The van der Waals surface area contributed by atoms with E-state index in [1.807, 2.05) is 14.0 Å². The van der Waals surface area contributed by atoms with Gasteiger partial charge in [-0.1, -0.05) is 0 Å². The van der Waals surface area contributed by atoms with Crippen LogP contribution in [0.5, 0.6) is 0 Å². The van der Waals surface area contributed by atoms with E-state index in [1.165, 1.54) is 0 Å². The summed E-state index contributed by atoms with van der Waals surface area (Å²) < 4.78 is 10.5. The van der Waals surface area contributed by atoms with Gasteiger partial charge in [-0.3, -0.25) is 0 Å². The molecule has 0 aromatic carbocycles. The van der Waals surface area contributed by atoms with Crippen LogP contribution < -0.4 is 5.32 Å². The quantitative estimate of drug-likeness (QED) is 0.703. The number of imide groups is 1. The molecule has 0 radical (unpaired) electrons. The lowest BCUT2D eigenvalue weighted by Crippen LogP contribution is -2.52. The van der Waals surface area contributed by atoms with Crippen molar-refractivity contribution in [3.8, 4) is 0 Å². The number of ether oxygens (including phenoxy) is 2. The van der Waals surface area contributed by atoms with Gasteiger partial charge in [0.1, 0.15) is 17.2 Å². The Hall–Kier alpha value is -1.83. The summed E-state index contributed by atoms with van der Waals surface area (Å²) in [6.45, 7) is 11.8. The van der Waals surface area contributed by atoms with Gasteiger partial charge in [0.25, 0.3) is 0 Å². The lowest BCUT2D eigenvalue weighted by Gasteiger charge is -2.31. The first kappa shape index (κ1) is 24.2. The summed E-state index contributed by atoms with van der Waals surface area (Å²) in [5.41, 5.74) is -1.75. The van der Waals surface area contributed by atoms with Crippen LogP contribution in [0.15, 0.2) is 0 Å². The fourth-order valence-corrected chi connectivity index (χ4v) is 2.08. The Morgan fingerprint density at radius 2 is 1.38 bits per heavy atom. The molecule has 0 rings (SSSR count). The Labute approximate surface area is 156 Å². The third-order valence-corrected chi connectivity index (χ3v) is 3.38. The lowest BCUT2D eigenvalue weighted by atomic mass is 10.1. The normalized spacial score (nSPS) is 14.3. The van der Waals surface area contributed by atoms with E-state index in [9.17, 15) is 19.5 Å². The number of aliphatic carboxylic acids is 1. The maximum atomic E-state index is 12.5. The summed E-state index contributed by atoms with van der Waals surface area (Å²) >= 11 is 0. The van der Waals surface area contributed by atoms with Crippen LogP contribution in [0.25, 0.3) is 0 Å². The maximum absolute atomic E-state index is 12.5. The van der Waals surface area contributed by atoms with Crippen molar-refractivity contribution in [3.05, 3.63) is 0 Å². The highest BCUT2D eigenvalue weighted by atomic mass is 16.6. The van der Waals surface area contributed by atoms with Gasteiger partial charge in [0.2, 0.25) is 0 Å². The average molecular weight is 374 g/mol. The van der Waals surface area contributed by atoms with Crippen LogP contribution in [0.3, 0.4) is 0 Å². The van der Waals surface area contributed by atoms with Crippen LogP contribution >= 0.6 is 0 Å². The molecule has 8 heteroatoms. The first-order chi connectivity index (χ1) is 11.7. The van der Waals surface area contributed by atoms with E-state index >= 15 is 0 Å². The standard InChI is InChI=1S/C18H34N2O6/c1-12(19-8)10-9-11-13(14(21)22)20(15(23)25-17(2,3)4)16(24)26-18(5,6)7/h12-13,19H,9-11H2,1-8H3,(H,21,22)/t12?,13-/m0/s1. The van der Waals surface area contributed by atoms with Crippen molar-refractivity contribution >= 4 is 18.2 Å². The Kier molecular flexibility index (Phi) is 9.07. The number of carbonyl (C=O) groups excluding carboxylic acids is 2. The number of rotatable bonds is 7. The number of carboxylic acids is 1. The zero-order chi connectivity index (χ0) is 20.7. The molecule has 0 aliphatic heterocycles. The summed E-state index contributed by atoms with van der Waals surface area (Å²) in [4.78, 5) is 37.4. The molecule has 0 aliphatic rings. The summed E-state index contributed by atoms with van der Waals surface area (Å²) in [6, 6.07) is -1.16. The molecule has 0 aliphatic carbocycles. The van der Waals surface area contributed by atoms with Crippen LogP contribution in [0.4, 0.5) is 9.59 Å². The monoisotopic (exact) mass is 374 g/mol. The van der Waals surface area contributed by atoms with Crippen molar-refractivity contribution in [2.75, 3.05) is 7.05 Å². The molecule has 0 aromatic rings. The highest BCUT2D eigenvalue weighted by molar-refractivity contribution is 5.93. The molecule has 0 spiro atoms. The van der Waals surface area contributed by atoms with Gasteiger partial charge in [0.15, 0.2) is 0 Å². The molecule has 2 N–H and O–H groups in total. The third kappa shape index (κ3) is 9.60. The average Bonchev–Trinajstić information content (AvgIpc) is 2.41. The molecular weight excluding hydrogens is 340 g/mol. The molecule has 0 fully saturated rings. The minimum Gasteiger partial charge on any atom is -0.480 e. The predicted octanol–water partition coefficient (Wildman–Crippen LogP) is 3.39. The van der Waals surface area contributed by atoms with Crippen molar-refractivity contribution in [1.29, 1.82) is 0 Å². The first-order valence-corrected chi connectivity index (χ1v) is 8.83. The first-order valence-electron chi connectivity index (χ1n) is 8.83. The van der Waals surface area contributed by atoms with Crippen LogP contribution in [-0.2, 0) is 14.3 Å². The largest absolute Gasteiger partial charge is 0.480 e. The van der Waals surface area contributed by atoms with E-state index in [2.05, 4.69) is 5.32 Å². The van der Waals surface area contributed by atoms with Crippen molar-refractivity contribution in [1.82, 2.24) is 10.2 Å². The molecule has 2 atom stereocenters. The Morgan fingerprint density at radius 1 is 0.962 bits per heavy atom. The summed E-state index contributed by atoms with van der Waals surface area (Å²) in [7, 11) is 1.81. The molecule has 0 heterocycles. The zero-order valence-electron chi connectivity index (χ0n) is 17.2. The Morgan fingerprint density at radius 3 is 1.69 bits per heavy atom. The summed E-state index contributed by atoms with van der Waals surface area (Å²) in [6.07, 6.45) is -0.723.